The lowest BCUT2D eigenvalue weighted by Gasteiger charge is -2.24. The van der Waals surface area contributed by atoms with Crippen LogP contribution < -0.4 is 43.0 Å². The van der Waals surface area contributed by atoms with Gasteiger partial charge in [-0.05, 0) is 0 Å². The molecule has 1 aliphatic rings. The van der Waals surface area contributed by atoms with E-state index in [4.69, 9.17) is 125 Å². The zero-order chi connectivity index (χ0) is 86.4. The molecule has 0 spiro atoms. The SMILES string of the molecule is CC(=O)NCSC[C@H](NC(=O)CNC(=O)[C@H](CS)NC(=O)CNC(=O)[C@H](CN)N1C(=O)CCC1=O)C(=O)NCC(=O)NCCOCCOCCOCCOCCOCCOCCOCCOCCOCCOCCOCCOCCOCCOCCOCCOCCOCCOCCOCCOCCOCCOCCOCCOCCC(=O)O. The topological polar surface area (TPSA) is 526 Å². The maximum Gasteiger partial charge on any atom is 0.305 e. The molecule has 10 N–H and O–H groups in total. The molecule has 0 aliphatic carbocycles. The average Bonchev–Trinajstić information content (AvgIpc) is 1.70. The third-order valence-corrected chi connectivity index (χ3v) is 16.3. The fourth-order valence-electron chi connectivity index (χ4n) is 8.98. The zero-order valence-corrected chi connectivity index (χ0v) is 70.9. The monoisotopic (exact) mass is 1760 g/mol. The quantitative estimate of drug-likeness (QED) is 0.0118. The van der Waals surface area contributed by atoms with Gasteiger partial charge < -0.3 is 162 Å². The van der Waals surface area contributed by atoms with Crippen molar-refractivity contribution in [3.63, 3.8) is 0 Å². The Labute approximate surface area is 706 Å². The Kier molecular flexibility index (Phi) is 80.8. The van der Waals surface area contributed by atoms with Crippen LogP contribution in [0.15, 0.2) is 0 Å². The standard InChI is InChI=1S/C73H135N9O35S2/c1-61(83)79-60-119-59-63(81-67(86)56-77-71(91)62(58-118)80-66(85)57-78-73(93)64(54-74)82-68(87)2-3-69(82)88)72(92)76-55-65(84)75-5-7-95-9-11-97-13-15-99-17-19-101-21-23-103-25-27-105-29-31-107-33-35-109-37-39-111-41-43-113-45-47-115-49-51-117-53-52-116-50-48-114-46-44-112-42-40-110-38-36-108-34-32-106-30-28-104-26-24-102-22-20-100-18-16-98-14-12-96-10-8-94-6-4-70(89)90/h62-64,118H,2-60,74H2,1H3,(H,75,84)(H,76,92)(H,77,91)(H,78,93)(H,79,83)(H,80,85)(H,81,86)(H,89,90)/t62-,63-,64-/m0/s1. The number of nitrogens with two attached hydrogens (primary N) is 1. The van der Waals surface area contributed by atoms with Crippen LogP contribution in [0.4, 0.5) is 0 Å². The van der Waals surface area contributed by atoms with Gasteiger partial charge in [0, 0.05) is 44.4 Å². The Bertz CT molecular complexity index is 2500. The molecule has 1 heterocycles. The van der Waals surface area contributed by atoms with Crippen molar-refractivity contribution in [1.29, 1.82) is 0 Å². The Morgan fingerprint density at radius 2 is 0.580 bits per heavy atom. The lowest BCUT2D eigenvalue weighted by Crippen LogP contribution is -2.56. The summed E-state index contributed by atoms with van der Waals surface area (Å²) in [5.74, 6) is -7.04. The molecule has 0 aromatic carbocycles. The van der Waals surface area contributed by atoms with E-state index in [1.54, 1.807) is 0 Å². The molecule has 1 rings (SSSR count). The van der Waals surface area contributed by atoms with Gasteiger partial charge in [-0.15, -0.1) is 11.8 Å². The highest BCUT2D eigenvalue weighted by molar-refractivity contribution is 7.99. The molecule has 9 amide bonds. The molecule has 0 unspecified atom stereocenters. The van der Waals surface area contributed by atoms with Crippen molar-refractivity contribution >= 4 is 83.5 Å². The molecule has 1 saturated heterocycles. The minimum absolute atomic E-state index is 0.0177. The van der Waals surface area contributed by atoms with Gasteiger partial charge >= 0.3 is 5.97 Å². The summed E-state index contributed by atoms with van der Waals surface area (Å²) in [5, 5.41) is 25.6. The van der Waals surface area contributed by atoms with Crippen LogP contribution in [0.1, 0.15) is 26.2 Å². The lowest BCUT2D eigenvalue weighted by molar-refractivity contribution is -0.146. The fourth-order valence-corrected chi connectivity index (χ4v) is 10.1. The highest BCUT2D eigenvalue weighted by Gasteiger charge is 2.38. The molecule has 0 saturated carbocycles. The van der Waals surface area contributed by atoms with E-state index in [9.17, 15) is 47.9 Å². The summed E-state index contributed by atoms with van der Waals surface area (Å²) >= 11 is 5.19. The zero-order valence-electron chi connectivity index (χ0n) is 69.2. The van der Waals surface area contributed by atoms with E-state index in [1.807, 2.05) is 0 Å². The number of carboxylic acid groups (broad SMARTS) is 1. The molecule has 1 aliphatic heterocycles. The number of hydrogen-bond acceptors (Lipinski definition) is 37. The minimum atomic E-state index is -1.31. The minimum Gasteiger partial charge on any atom is -0.481 e. The third-order valence-electron chi connectivity index (χ3n) is 15.0. The van der Waals surface area contributed by atoms with Gasteiger partial charge in [0.2, 0.25) is 53.2 Å². The number of carbonyl (C=O) groups excluding carboxylic acids is 9. The van der Waals surface area contributed by atoms with Gasteiger partial charge in [0.05, 0.1) is 349 Å². The van der Waals surface area contributed by atoms with Crippen molar-refractivity contribution in [2.45, 2.75) is 44.3 Å². The highest BCUT2D eigenvalue weighted by atomic mass is 32.2. The summed E-state index contributed by atoms with van der Waals surface area (Å²) in [6.07, 6.45) is -0.140. The number of carbonyl (C=O) groups is 10. The van der Waals surface area contributed by atoms with Crippen LogP contribution >= 0.6 is 24.4 Å². The van der Waals surface area contributed by atoms with Gasteiger partial charge in [-0.3, -0.25) is 52.8 Å². The van der Waals surface area contributed by atoms with E-state index < -0.39 is 91.0 Å². The molecule has 46 heteroatoms. The summed E-state index contributed by atoms with van der Waals surface area (Å²) in [7, 11) is 0. The maximum atomic E-state index is 13.1. The van der Waals surface area contributed by atoms with Crippen LogP contribution in [-0.2, 0) is 162 Å². The van der Waals surface area contributed by atoms with E-state index in [2.05, 4.69) is 49.8 Å². The van der Waals surface area contributed by atoms with Crippen LogP contribution in [0.2, 0.25) is 0 Å². The first-order chi connectivity index (χ1) is 58.2. The summed E-state index contributed by atoms with van der Waals surface area (Å²) in [4.78, 5) is 123. The maximum absolute atomic E-state index is 13.1. The molecule has 3 atom stereocenters. The van der Waals surface area contributed by atoms with Crippen molar-refractivity contribution in [1.82, 2.24) is 42.1 Å². The first-order valence-electron chi connectivity index (χ1n) is 39.9. The molecule has 0 aromatic heterocycles. The summed E-state index contributed by atoms with van der Waals surface area (Å²) in [6.45, 7) is 19.5. The number of aliphatic carboxylic acids is 1. The van der Waals surface area contributed by atoms with Gasteiger partial charge in [-0.25, -0.2) is 0 Å². The molecule has 119 heavy (non-hydrogen) atoms. The largest absolute Gasteiger partial charge is 0.481 e. The number of thioether (sulfide) groups is 1. The van der Waals surface area contributed by atoms with Gasteiger partial charge in [0.25, 0.3) is 0 Å². The van der Waals surface area contributed by atoms with Crippen LogP contribution in [0.3, 0.4) is 0 Å². The number of thiol groups is 1. The molecule has 0 aromatic rings. The predicted octanol–water partition coefficient (Wildman–Crippen LogP) is -5.47. The second-order valence-electron chi connectivity index (χ2n) is 24.4. The lowest BCUT2D eigenvalue weighted by atomic mass is 10.2. The number of nitrogens with one attached hydrogen (secondary N) is 7. The second-order valence-corrected chi connectivity index (χ2v) is 25.8. The van der Waals surface area contributed by atoms with Crippen molar-refractivity contribution in [2.24, 2.45) is 5.73 Å². The van der Waals surface area contributed by atoms with Crippen molar-refractivity contribution < 1.29 is 167 Å². The number of carboxylic acids is 1. The van der Waals surface area contributed by atoms with E-state index in [-0.39, 0.29) is 82.1 Å². The second kappa shape index (κ2) is 86.1. The van der Waals surface area contributed by atoms with Crippen LogP contribution in [0.5, 0.6) is 0 Å². The summed E-state index contributed by atoms with van der Waals surface area (Å²) < 4.78 is 132. The van der Waals surface area contributed by atoms with Crippen molar-refractivity contribution in [2.75, 3.05) is 367 Å². The first kappa shape index (κ1) is 112. The van der Waals surface area contributed by atoms with E-state index in [1.165, 1.54) is 6.92 Å². The number of ether oxygens (including phenoxy) is 24. The van der Waals surface area contributed by atoms with Crippen LogP contribution in [0, 0.1) is 0 Å². The van der Waals surface area contributed by atoms with Gasteiger partial charge in [0.15, 0.2) is 0 Å². The fraction of sp³-hybridized carbons (Fsp3) is 0.863. The molecular formula is C73H135N9O35S2. The normalized spacial score (nSPS) is 12.9. The average molecular weight is 1760 g/mol. The summed E-state index contributed by atoms with van der Waals surface area (Å²) in [5.41, 5.74) is 5.61. The number of nitrogens with zero attached hydrogens (tertiary/aromatic N) is 1. The van der Waals surface area contributed by atoms with Gasteiger partial charge in [-0.2, -0.15) is 12.6 Å². The number of amides is 9. The van der Waals surface area contributed by atoms with Gasteiger partial charge in [-0.1, -0.05) is 0 Å². The Morgan fingerprint density at radius 3 is 0.832 bits per heavy atom. The molecule has 44 nitrogen and oxygen atoms in total. The van der Waals surface area contributed by atoms with E-state index in [0.717, 1.165) is 16.7 Å². The predicted molar refractivity (Wildman–Crippen MR) is 427 cm³/mol. The van der Waals surface area contributed by atoms with Crippen molar-refractivity contribution in [3.8, 4) is 0 Å². The molecule has 0 radical (unpaired) electrons. The number of rotatable bonds is 93. The Hall–Kier alpha value is -5.40. The Morgan fingerprint density at radius 1 is 0.345 bits per heavy atom. The van der Waals surface area contributed by atoms with Crippen molar-refractivity contribution in [3.05, 3.63) is 0 Å². The highest BCUT2D eigenvalue weighted by Crippen LogP contribution is 2.15. The summed E-state index contributed by atoms with van der Waals surface area (Å²) in [6, 6.07) is -3.78. The number of likely N-dealkylation sites (tertiary alicyclic amines) is 1. The van der Waals surface area contributed by atoms with E-state index >= 15 is 0 Å². The molecule has 1 fully saturated rings. The van der Waals surface area contributed by atoms with E-state index in [0.29, 0.717) is 291 Å². The molecular weight excluding hydrogens is 1630 g/mol. The molecule has 694 valence electrons. The first-order valence-corrected chi connectivity index (χ1v) is 41.7. The smallest absolute Gasteiger partial charge is 0.305 e. The third kappa shape index (κ3) is 74.9. The van der Waals surface area contributed by atoms with Crippen LogP contribution in [-0.4, -0.2) is 455 Å². The molecule has 0 bridgehead atoms. The number of imide groups is 1. The Balaban J connectivity index is 1.79. The van der Waals surface area contributed by atoms with Gasteiger partial charge in [0.1, 0.15) is 18.1 Å². The number of hydrogen-bond donors (Lipinski definition) is 10. The van der Waals surface area contributed by atoms with Crippen LogP contribution in [0.25, 0.3) is 0 Å².